The molecule has 0 radical (unpaired) electrons. The van der Waals surface area contributed by atoms with Gasteiger partial charge in [-0.25, -0.2) is 0 Å². The fourth-order valence-corrected chi connectivity index (χ4v) is 2.60. The molecule has 2 aromatic rings. The first-order valence-corrected chi connectivity index (χ1v) is 7.01. The van der Waals surface area contributed by atoms with Crippen LogP contribution >= 0.6 is 0 Å². The topological polar surface area (TPSA) is 55.6 Å². The quantitative estimate of drug-likeness (QED) is 0.921. The summed E-state index contributed by atoms with van der Waals surface area (Å²) < 4.78 is 6.09. The summed E-state index contributed by atoms with van der Waals surface area (Å²) in [4.78, 5) is 13.7. The molecule has 1 heterocycles. The molecule has 1 unspecified atom stereocenters. The number of nitrogens with zero attached hydrogens (tertiary/aromatic N) is 1. The van der Waals surface area contributed by atoms with E-state index in [-0.39, 0.29) is 12.0 Å². The predicted octanol–water partition coefficient (Wildman–Crippen LogP) is 2.63. The van der Waals surface area contributed by atoms with Gasteiger partial charge in [0.15, 0.2) is 0 Å². The molecule has 21 heavy (non-hydrogen) atoms. The highest BCUT2D eigenvalue weighted by molar-refractivity contribution is 5.93. The van der Waals surface area contributed by atoms with Crippen molar-refractivity contribution in [3.63, 3.8) is 0 Å². The molecule has 1 aliphatic rings. The second kappa shape index (κ2) is 5.58. The van der Waals surface area contributed by atoms with E-state index in [1.165, 1.54) is 0 Å². The number of carbonyl (C=O) groups is 1. The lowest BCUT2D eigenvalue weighted by molar-refractivity contribution is -0.117. The fraction of sp³-hybridized carbons (Fsp3) is 0.235. The Morgan fingerprint density at radius 3 is 2.71 bits per heavy atom. The first-order valence-electron chi connectivity index (χ1n) is 7.01. The van der Waals surface area contributed by atoms with Crippen LogP contribution in [-0.4, -0.2) is 12.5 Å². The van der Waals surface area contributed by atoms with E-state index in [0.29, 0.717) is 18.8 Å². The lowest BCUT2D eigenvalue weighted by atomic mass is 10.1. The number of amides is 1. The monoisotopic (exact) mass is 282 g/mol. The van der Waals surface area contributed by atoms with Crippen LogP contribution in [0.1, 0.15) is 24.2 Å². The Kier molecular flexibility index (Phi) is 3.62. The molecule has 0 saturated heterocycles. The highest BCUT2D eigenvalue weighted by Gasteiger charge is 2.29. The van der Waals surface area contributed by atoms with Crippen molar-refractivity contribution in [1.82, 2.24) is 0 Å². The molecule has 0 bridgehead atoms. The molecule has 3 rings (SSSR count). The van der Waals surface area contributed by atoms with Crippen LogP contribution < -0.4 is 15.4 Å². The van der Waals surface area contributed by atoms with Gasteiger partial charge >= 0.3 is 0 Å². The fourth-order valence-electron chi connectivity index (χ4n) is 2.60. The minimum absolute atomic E-state index is 0.0148. The number of anilines is 1. The van der Waals surface area contributed by atoms with Crippen molar-refractivity contribution in [1.29, 1.82) is 0 Å². The first-order chi connectivity index (χ1) is 10.2. The standard InChI is InChI=1S/C17H18N2O2/c1-12(20)19-11-17(14-5-3-2-4-6-14)21-16-9-13(10-18)7-8-15(16)19/h2-9,17H,10-11,18H2,1H3. The van der Waals surface area contributed by atoms with E-state index < -0.39 is 0 Å². The third kappa shape index (κ3) is 2.62. The Morgan fingerprint density at radius 1 is 1.29 bits per heavy atom. The van der Waals surface area contributed by atoms with Crippen LogP contribution in [0.4, 0.5) is 5.69 Å². The Hall–Kier alpha value is -2.33. The van der Waals surface area contributed by atoms with Gasteiger partial charge < -0.3 is 15.4 Å². The van der Waals surface area contributed by atoms with Gasteiger partial charge in [0.25, 0.3) is 0 Å². The van der Waals surface area contributed by atoms with Crippen molar-refractivity contribution in [2.24, 2.45) is 5.73 Å². The van der Waals surface area contributed by atoms with Crippen molar-refractivity contribution in [3.8, 4) is 5.75 Å². The predicted molar refractivity (Wildman–Crippen MR) is 82.2 cm³/mol. The molecular weight excluding hydrogens is 264 g/mol. The van der Waals surface area contributed by atoms with Crippen LogP contribution in [-0.2, 0) is 11.3 Å². The molecular formula is C17H18N2O2. The van der Waals surface area contributed by atoms with Gasteiger partial charge in [0.05, 0.1) is 12.2 Å². The van der Waals surface area contributed by atoms with Gasteiger partial charge in [0, 0.05) is 13.5 Å². The molecule has 108 valence electrons. The molecule has 0 aliphatic carbocycles. The molecule has 1 amide bonds. The average molecular weight is 282 g/mol. The summed E-state index contributed by atoms with van der Waals surface area (Å²) in [5, 5.41) is 0. The SMILES string of the molecule is CC(=O)N1CC(c2ccccc2)Oc2cc(CN)ccc21. The van der Waals surface area contributed by atoms with Gasteiger partial charge in [-0.2, -0.15) is 0 Å². The van der Waals surface area contributed by atoms with E-state index in [4.69, 9.17) is 10.5 Å². The maximum absolute atomic E-state index is 11.9. The maximum atomic E-state index is 11.9. The highest BCUT2D eigenvalue weighted by atomic mass is 16.5. The van der Waals surface area contributed by atoms with E-state index >= 15 is 0 Å². The molecule has 0 spiro atoms. The van der Waals surface area contributed by atoms with Crippen LogP contribution in [0.25, 0.3) is 0 Å². The van der Waals surface area contributed by atoms with E-state index in [1.807, 2.05) is 48.5 Å². The third-order valence-electron chi connectivity index (χ3n) is 3.72. The summed E-state index contributed by atoms with van der Waals surface area (Å²) in [6.45, 7) is 2.55. The molecule has 0 aromatic heterocycles. The zero-order chi connectivity index (χ0) is 14.8. The minimum Gasteiger partial charge on any atom is -0.482 e. The molecule has 1 atom stereocenters. The Balaban J connectivity index is 2.01. The maximum Gasteiger partial charge on any atom is 0.224 e. The van der Waals surface area contributed by atoms with Gasteiger partial charge in [-0.05, 0) is 23.3 Å². The Labute approximate surface area is 124 Å². The van der Waals surface area contributed by atoms with Gasteiger partial charge in [-0.1, -0.05) is 36.4 Å². The minimum atomic E-state index is -0.157. The number of fused-ring (bicyclic) bond motifs is 1. The van der Waals surface area contributed by atoms with Crippen molar-refractivity contribution in [2.45, 2.75) is 19.6 Å². The van der Waals surface area contributed by atoms with Crippen LogP contribution in [0.2, 0.25) is 0 Å². The number of hydrogen-bond acceptors (Lipinski definition) is 3. The average Bonchev–Trinajstić information content (AvgIpc) is 2.53. The summed E-state index contributed by atoms with van der Waals surface area (Å²) in [6.07, 6.45) is -0.157. The lowest BCUT2D eigenvalue weighted by Crippen LogP contribution is -2.38. The first kappa shape index (κ1) is 13.6. The van der Waals surface area contributed by atoms with Crippen LogP contribution in [0.5, 0.6) is 5.75 Å². The van der Waals surface area contributed by atoms with Gasteiger partial charge in [0.1, 0.15) is 11.9 Å². The van der Waals surface area contributed by atoms with Gasteiger partial charge in [-0.15, -0.1) is 0 Å². The van der Waals surface area contributed by atoms with Crippen LogP contribution in [0.15, 0.2) is 48.5 Å². The molecule has 4 heteroatoms. The molecule has 4 nitrogen and oxygen atoms in total. The largest absolute Gasteiger partial charge is 0.482 e. The summed E-state index contributed by atoms with van der Waals surface area (Å²) in [5.74, 6) is 0.731. The second-order valence-electron chi connectivity index (χ2n) is 5.15. The summed E-state index contributed by atoms with van der Waals surface area (Å²) in [6, 6.07) is 15.7. The van der Waals surface area contributed by atoms with E-state index in [2.05, 4.69) is 0 Å². The highest BCUT2D eigenvalue weighted by Crippen LogP contribution is 2.38. The van der Waals surface area contributed by atoms with Gasteiger partial charge in [-0.3, -0.25) is 4.79 Å². The van der Waals surface area contributed by atoms with Gasteiger partial charge in [0.2, 0.25) is 5.91 Å². The smallest absolute Gasteiger partial charge is 0.224 e. The number of carbonyl (C=O) groups excluding carboxylic acids is 1. The molecule has 0 fully saturated rings. The Bertz CT molecular complexity index is 655. The van der Waals surface area contributed by atoms with E-state index in [1.54, 1.807) is 11.8 Å². The van der Waals surface area contributed by atoms with Crippen molar-refractivity contribution in [2.75, 3.05) is 11.4 Å². The molecule has 2 N–H and O–H groups in total. The molecule has 0 saturated carbocycles. The number of benzene rings is 2. The third-order valence-corrected chi connectivity index (χ3v) is 3.72. The van der Waals surface area contributed by atoms with E-state index in [9.17, 15) is 4.79 Å². The number of ether oxygens (including phenoxy) is 1. The molecule has 1 aliphatic heterocycles. The normalized spacial score (nSPS) is 17.0. The van der Waals surface area contributed by atoms with Crippen LogP contribution in [0.3, 0.4) is 0 Å². The van der Waals surface area contributed by atoms with E-state index in [0.717, 1.165) is 16.8 Å². The zero-order valence-electron chi connectivity index (χ0n) is 12.0. The lowest BCUT2D eigenvalue weighted by Gasteiger charge is -2.34. The second-order valence-corrected chi connectivity index (χ2v) is 5.15. The number of hydrogen-bond donors (Lipinski definition) is 1. The number of rotatable bonds is 2. The Morgan fingerprint density at radius 2 is 2.05 bits per heavy atom. The zero-order valence-corrected chi connectivity index (χ0v) is 12.0. The number of nitrogens with two attached hydrogens (primary N) is 1. The van der Waals surface area contributed by atoms with Crippen molar-refractivity contribution in [3.05, 3.63) is 59.7 Å². The summed E-state index contributed by atoms with van der Waals surface area (Å²) >= 11 is 0. The van der Waals surface area contributed by atoms with Crippen molar-refractivity contribution < 1.29 is 9.53 Å². The van der Waals surface area contributed by atoms with Crippen molar-refractivity contribution >= 4 is 11.6 Å². The summed E-state index contributed by atoms with van der Waals surface area (Å²) in [5.41, 5.74) is 8.55. The van der Waals surface area contributed by atoms with Crippen LogP contribution in [0, 0.1) is 0 Å². The summed E-state index contributed by atoms with van der Waals surface area (Å²) in [7, 11) is 0. The molecule has 2 aromatic carbocycles.